The van der Waals surface area contributed by atoms with E-state index >= 15 is 0 Å². The molecule has 0 heterocycles. The van der Waals surface area contributed by atoms with Crippen LogP contribution in [0.2, 0.25) is 0 Å². The second-order valence-electron chi connectivity index (χ2n) is 2.61. The average molecular weight is 178 g/mol. The van der Waals surface area contributed by atoms with Gasteiger partial charge in [0, 0.05) is 0 Å². The number of benzene rings is 1. The lowest BCUT2D eigenvalue weighted by Gasteiger charge is -1.87. The Kier molecular flexibility index (Phi) is 6.52. The van der Waals surface area contributed by atoms with Gasteiger partial charge in [0.1, 0.15) is 5.82 Å². The minimum absolute atomic E-state index is 0.171. The van der Waals surface area contributed by atoms with E-state index in [-0.39, 0.29) is 5.82 Å². The van der Waals surface area contributed by atoms with Gasteiger partial charge in [0.15, 0.2) is 0 Å². The first kappa shape index (κ1) is 11.6. The highest BCUT2D eigenvalue weighted by Crippen LogP contribution is 1.98. The number of hydrogen-bond donors (Lipinski definition) is 0. The van der Waals surface area contributed by atoms with Crippen molar-refractivity contribution in [2.45, 2.75) is 13.3 Å². The molecular formula is C12H15F. The standard InChI is InChI=1S/C7H7F.C5H8/c1-6-2-4-7(8)5-3-6;1-3-5-4-2/h2-5H,1H3;3-4H,1-2,5H2. The van der Waals surface area contributed by atoms with Crippen molar-refractivity contribution < 1.29 is 4.39 Å². The second kappa shape index (κ2) is 7.29. The topological polar surface area (TPSA) is 0 Å². The van der Waals surface area contributed by atoms with Crippen LogP contribution in [-0.4, -0.2) is 0 Å². The number of halogens is 1. The Labute approximate surface area is 79.4 Å². The molecule has 0 bridgehead atoms. The van der Waals surface area contributed by atoms with Crippen LogP contribution in [0.25, 0.3) is 0 Å². The van der Waals surface area contributed by atoms with Crippen molar-refractivity contribution in [2.24, 2.45) is 0 Å². The summed E-state index contributed by atoms with van der Waals surface area (Å²) in [5.41, 5.74) is 1.09. The van der Waals surface area contributed by atoms with Crippen molar-refractivity contribution >= 4 is 0 Å². The first-order chi connectivity index (χ1) is 6.20. The molecule has 0 radical (unpaired) electrons. The molecule has 0 aliphatic carbocycles. The number of hydrogen-bond acceptors (Lipinski definition) is 0. The van der Waals surface area contributed by atoms with Crippen LogP contribution < -0.4 is 0 Å². The van der Waals surface area contributed by atoms with E-state index < -0.39 is 0 Å². The van der Waals surface area contributed by atoms with E-state index in [1.807, 2.05) is 19.1 Å². The summed E-state index contributed by atoms with van der Waals surface area (Å²) in [5.74, 6) is -0.171. The fourth-order valence-corrected chi connectivity index (χ4v) is 0.651. The van der Waals surface area contributed by atoms with Crippen molar-refractivity contribution in [2.75, 3.05) is 0 Å². The van der Waals surface area contributed by atoms with Gasteiger partial charge >= 0.3 is 0 Å². The predicted octanol–water partition coefficient (Wildman–Crippen LogP) is 3.88. The van der Waals surface area contributed by atoms with E-state index in [4.69, 9.17) is 0 Å². The molecule has 0 nitrogen and oxygen atoms in total. The molecule has 1 aromatic rings. The molecular weight excluding hydrogens is 163 g/mol. The Morgan fingerprint density at radius 3 is 1.85 bits per heavy atom. The van der Waals surface area contributed by atoms with E-state index in [0.717, 1.165) is 12.0 Å². The molecule has 0 aromatic heterocycles. The lowest BCUT2D eigenvalue weighted by molar-refractivity contribution is 0.627. The maximum Gasteiger partial charge on any atom is 0.123 e. The lowest BCUT2D eigenvalue weighted by atomic mass is 10.2. The second-order valence-corrected chi connectivity index (χ2v) is 2.61. The molecule has 1 rings (SSSR count). The Morgan fingerprint density at radius 1 is 1.15 bits per heavy atom. The fourth-order valence-electron chi connectivity index (χ4n) is 0.651. The number of aryl methyl sites for hydroxylation is 1. The van der Waals surface area contributed by atoms with E-state index in [1.54, 1.807) is 12.1 Å². The molecule has 0 N–H and O–H groups in total. The summed E-state index contributed by atoms with van der Waals surface area (Å²) in [7, 11) is 0. The Hall–Kier alpha value is -1.37. The zero-order chi connectivity index (χ0) is 10.1. The molecule has 0 fully saturated rings. The quantitative estimate of drug-likeness (QED) is 0.603. The molecule has 0 saturated carbocycles. The summed E-state index contributed by atoms with van der Waals surface area (Å²) in [5, 5.41) is 0. The lowest BCUT2D eigenvalue weighted by Crippen LogP contribution is -1.71. The van der Waals surface area contributed by atoms with Gasteiger partial charge in [0.25, 0.3) is 0 Å². The van der Waals surface area contributed by atoms with Crippen molar-refractivity contribution in [3.05, 3.63) is 61.0 Å². The zero-order valence-electron chi connectivity index (χ0n) is 7.96. The minimum Gasteiger partial charge on any atom is -0.207 e. The molecule has 0 atom stereocenters. The van der Waals surface area contributed by atoms with E-state index in [0.29, 0.717) is 0 Å². The highest BCUT2D eigenvalue weighted by atomic mass is 19.1. The summed E-state index contributed by atoms with van der Waals surface area (Å²) < 4.78 is 12.1. The maximum absolute atomic E-state index is 12.1. The molecule has 0 amide bonds. The van der Waals surface area contributed by atoms with Crippen LogP contribution in [0, 0.1) is 12.7 Å². The van der Waals surface area contributed by atoms with Gasteiger partial charge in [-0.25, -0.2) is 4.39 Å². The van der Waals surface area contributed by atoms with Gasteiger partial charge in [0.2, 0.25) is 0 Å². The molecule has 0 aliphatic heterocycles. The van der Waals surface area contributed by atoms with Crippen molar-refractivity contribution in [1.82, 2.24) is 0 Å². The largest absolute Gasteiger partial charge is 0.207 e. The average Bonchev–Trinajstić information content (AvgIpc) is 2.13. The van der Waals surface area contributed by atoms with Crippen LogP contribution in [0.15, 0.2) is 49.6 Å². The summed E-state index contributed by atoms with van der Waals surface area (Å²) >= 11 is 0. The van der Waals surface area contributed by atoms with Crippen LogP contribution in [0.1, 0.15) is 12.0 Å². The van der Waals surface area contributed by atoms with E-state index in [2.05, 4.69) is 13.2 Å². The predicted molar refractivity (Wildman–Crippen MR) is 56.1 cm³/mol. The van der Waals surface area contributed by atoms with Gasteiger partial charge < -0.3 is 0 Å². The highest BCUT2D eigenvalue weighted by molar-refractivity contribution is 5.13. The molecule has 13 heavy (non-hydrogen) atoms. The molecule has 0 unspecified atom stereocenters. The molecule has 0 aliphatic rings. The first-order valence-electron chi connectivity index (χ1n) is 4.14. The van der Waals surface area contributed by atoms with Crippen molar-refractivity contribution in [1.29, 1.82) is 0 Å². The maximum atomic E-state index is 12.1. The Bertz CT molecular complexity index is 219. The third kappa shape index (κ3) is 7.01. The molecule has 1 aromatic carbocycles. The van der Waals surface area contributed by atoms with Crippen LogP contribution in [0.3, 0.4) is 0 Å². The van der Waals surface area contributed by atoms with Gasteiger partial charge in [-0.1, -0.05) is 29.8 Å². The van der Waals surface area contributed by atoms with Crippen LogP contribution in [-0.2, 0) is 0 Å². The minimum atomic E-state index is -0.171. The Morgan fingerprint density at radius 2 is 1.62 bits per heavy atom. The van der Waals surface area contributed by atoms with Crippen molar-refractivity contribution in [3.8, 4) is 0 Å². The van der Waals surface area contributed by atoms with Gasteiger partial charge in [-0.3, -0.25) is 0 Å². The molecule has 70 valence electrons. The molecule has 0 saturated heterocycles. The first-order valence-corrected chi connectivity index (χ1v) is 4.14. The van der Waals surface area contributed by atoms with E-state index in [9.17, 15) is 4.39 Å². The summed E-state index contributed by atoms with van der Waals surface area (Å²) in [6.07, 6.45) is 4.54. The van der Waals surface area contributed by atoms with Gasteiger partial charge in [-0.2, -0.15) is 0 Å². The summed E-state index contributed by atoms with van der Waals surface area (Å²) in [4.78, 5) is 0. The van der Waals surface area contributed by atoms with Gasteiger partial charge in [-0.15, -0.1) is 13.2 Å². The SMILES string of the molecule is C=CCC=C.Cc1ccc(F)cc1. The summed E-state index contributed by atoms with van der Waals surface area (Å²) in [6.45, 7) is 8.89. The van der Waals surface area contributed by atoms with Gasteiger partial charge in [-0.05, 0) is 25.5 Å². The number of allylic oxidation sites excluding steroid dienone is 2. The third-order valence-electron chi connectivity index (χ3n) is 1.34. The van der Waals surface area contributed by atoms with Gasteiger partial charge in [0.05, 0.1) is 0 Å². The monoisotopic (exact) mass is 178 g/mol. The molecule has 1 heteroatoms. The zero-order valence-corrected chi connectivity index (χ0v) is 7.96. The highest BCUT2D eigenvalue weighted by Gasteiger charge is 1.83. The third-order valence-corrected chi connectivity index (χ3v) is 1.34. The van der Waals surface area contributed by atoms with E-state index in [1.165, 1.54) is 12.1 Å². The summed E-state index contributed by atoms with van der Waals surface area (Å²) in [6, 6.07) is 6.40. The Balaban J connectivity index is 0.000000252. The van der Waals surface area contributed by atoms with Crippen LogP contribution in [0.5, 0.6) is 0 Å². The van der Waals surface area contributed by atoms with Crippen LogP contribution in [0.4, 0.5) is 4.39 Å². The van der Waals surface area contributed by atoms with Crippen molar-refractivity contribution in [3.63, 3.8) is 0 Å². The molecule has 0 spiro atoms. The van der Waals surface area contributed by atoms with Crippen LogP contribution >= 0.6 is 0 Å². The smallest absolute Gasteiger partial charge is 0.123 e. The fraction of sp³-hybridized carbons (Fsp3) is 0.167. The normalized spacial score (nSPS) is 8.15. The number of rotatable bonds is 2.